The van der Waals surface area contributed by atoms with Crippen LogP contribution in [0.5, 0.6) is 0 Å². The van der Waals surface area contributed by atoms with E-state index in [9.17, 15) is 4.79 Å². The summed E-state index contributed by atoms with van der Waals surface area (Å²) in [4.78, 5) is 17.1. The summed E-state index contributed by atoms with van der Waals surface area (Å²) in [6, 6.07) is 10.9. The number of anilines is 1. The number of amides is 1. The van der Waals surface area contributed by atoms with Crippen molar-refractivity contribution >= 4 is 34.0 Å². The molecule has 3 rings (SSSR count). The molecule has 0 radical (unpaired) electrons. The first-order valence-electron chi connectivity index (χ1n) is 6.25. The van der Waals surface area contributed by atoms with Crippen LogP contribution in [0.2, 0.25) is 5.02 Å². The zero-order valence-corrected chi connectivity index (χ0v) is 12.4. The van der Waals surface area contributed by atoms with E-state index in [-0.39, 0.29) is 11.7 Å². The summed E-state index contributed by atoms with van der Waals surface area (Å²) < 4.78 is 5.03. The smallest absolute Gasteiger partial charge is 0.293 e. The van der Waals surface area contributed by atoms with Crippen molar-refractivity contribution in [3.05, 3.63) is 70.1 Å². The van der Waals surface area contributed by atoms with E-state index in [2.05, 4.69) is 10.3 Å². The van der Waals surface area contributed by atoms with Gasteiger partial charge in [0, 0.05) is 22.5 Å². The minimum atomic E-state index is -0.299. The van der Waals surface area contributed by atoms with E-state index in [0.717, 1.165) is 21.9 Å². The van der Waals surface area contributed by atoms with Gasteiger partial charge in [-0.25, -0.2) is 4.98 Å². The van der Waals surface area contributed by atoms with Crippen molar-refractivity contribution in [1.29, 1.82) is 0 Å². The number of benzene rings is 1. The van der Waals surface area contributed by atoms with Crippen LogP contribution < -0.4 is 5.32 Å². The molecule has 0 aliphatic rings. The molecule has 0 aliphatic carbocycles. The van der Waals surface area contributed by atoms with Crippen molar-refractivity contribution < 1.29 is 9.21 Å². The number of carbonyl (C=O) groups is 1. The maximum atomic E-state index is 11.8. The van der Waals surface area contributed by atoms with E-state index < -0.39 is 0 Å². The number of hydrogen-bond acceptors (Lipinski definition) is 4. The molecule has 4 nitrogen and oxygen atoms in total. The molecule has 0 aliphatic heterocycles. The summed E-state index contributed by atoms with van der Waals surface area (Å²) in [5.41, 5.74) is 1.15. The molecule has 106 valence electrons. The maximum Gasteiger partial charge on any atom is 0.293 e. The zero-order valence-electron chi connectivity index (χ0n) is 10.9. The predicted molar refractivity (Wildman–Crippen MR) is 83.0 cm³/mol. The van der Waals surface area contributed by atoms with Crippen LogP contribution in [0, 0.1) is 0 Å². The molecule has 3 aromatic rings. The number of thiazole rings is 1. The summed E-state index contributed by atoms with van der Waals surface area (Å²) in [5, 5.41) is 3.99. The highest BCUT2D eigenvalue weighted by Gasteiger charge is 2.11. The quantitative estimate of drug-likeness (QED) is 0.783. The number of halogens is 1. The van der Waals surface area contributed by atoms with Gasteiger partial charge in [-0.3, -0.25) is 10.1 Å². The number of nitrogens with zero attached hydrogens (tertiary/aromatic N) is 1. The average molecular weight is 319 g/mol. The predicted octanol–water partition coefficient (Wildman–Crippen LogP) is 4.23. The van der Waals surface area contributed by atoms with Gasteiger partial charge in [-0.1, -0.05) is 23.7 Å². The maximum absolute atomic E-state index is 11.8. The second-order valence-electron chi connectivity index (χ2n) is 4.37. The van der Waals surface area contributed by atoms with Gasteiger partial charge < -0.3 is 4.42 Å². The minimum absolute atomic E-state index is 0.268. The largest absolute Gasteiger partial charge is 0.459 e. The van der Waals surface area contributed by atoms with Gasteiger partial charge in [0.05, 0.1) is 6.26 Å². The average Bonchev–Trinajstić information content (AvgIpc) is 3.13. The van der Waals surface area contributed by atoms with Crippen LogP contribution in [0.1, 0.15) is 21.0 Å². The van der Waals surface area contributed by atoms with Crippen LogP contribution in [-0.2, 0) is 6.42 Å². The molecule has 2 heterocycles. The number of nitrogens with one attached hydrogen (secondary N) is 1. The third-order valence-electron chi connectivity index (χ3n) is 2.81. The molecule has 0 bridgehead atoms. The topological polar surface area (TPSA) is 55.1 Å². The Bertz CT molecular complexity index is 735. The lowest BCUT2D eigenvalue weighted by molar-refractivity contribution is 0.0996. The van der Waals surface area contributed by atoms with Crippen LogP contribution in [-0.4, -0.2) is 10.9 Å². The fourth-order valence-electron chi connectivity index (χ4n) is 1.82. The summed E-state index contributed by atoms with van der Waals surface area (Å²) in [6.07, 6.45) is 3.98. The molecule has 0 atom stereocenters. The van der Waals surface area contributed by atoms with E-state index in [0.29, 0.717) is 5.13 Å². The number of hydrogen-bond donors (Lipinski definition) is 1. The molecule has 0 saturated carbocycles. The fraction of sp³-hybridized carbons (Fsp3) is 0.0667. The Balaban J connectivity index is 1.66. The van der Waals surface area contributed by atoms with Gasteiger partial charge >= 0.3 is 0 Å². The standard InChI is InChI=1S/C15H11ClN2O2S/c16-11-5-3-10(4-6-11)8-12-9-17-15(21-12)18-14(19)13-2-1-7-20-13/h1-7,9H,8H2,(H,17,18,19). The summed E-state index contributed by atoms with van der Waals surface area (Å²) in [5.74, 6) is -0.0307. The van der Waals surface area contributed by atoms with Crippen LogP contribution >= 0.6 is 22.9 Å². The highest BCUT2D eigenvalue weighted by atomic mass is 35.5. The first-order chi connectivity index (χ1) is 10.2. The van der Waals surface area contributed by atoms with Crippen molar-refractivity contribution in [2.75, 3.05) is 5.32 Å². The molecule has 1 aromatic carbocycles. The fourth-order valence-corrected chi connectivity index (χ4v) is 2.78. The third-order valence-corrected chi connectivity index (χ3v) is 3.98. The first kappa shape index (κ1) is 13.9. The Morgan fingerprint density at radius 2 is 2.10 bits per heavy atom. The Hall–Kier alpha value is -2.11. The highest BCUT2D eigenvalue weighted by molar-refractivity contribution is 7.15. The normalized spacial score (nSPS) is 10.5. The molecular weight excluding hydrogens is 308 g/mol. The summed E-state index contributed by atoms with van der Waals surface area (Å²) >= 11 is 7.30. The van der Waals surface area contributed by atoms with Crippen LogP contribution in [0.25, 0.3) is 0 Å². The molecule has 6 heteroatoms. The Morgan fingerprint density at radius 3 is 2.81 bits per heavy atom. The van der Waals surface area contributed by atoms with Crippen molar-refractivity contribution in [2.45, 2.75) is 6.42 Å². The summed E-state index contributed by atoms with van der Waals surface area (Å²) in [6.45, 7) is 0. The molecule has 1 N–H and O–H groups in total. The second-order valence-corrected chi connectivity index (χ2v) is 5.92. The molecule has 2 aromatic heterocycles. The summed E-state index contributed by atoms with van der Waals surface area (Å²) in [7, 11) is 0. The van der Waals surface area contributed by atoms with Crippen molar-refractivity contribution in [2.24, 2.45) is 0 Å². The Labute approximate surface area is 130 Å². The van der Waals surface area contributed by atoms with E-state index in [1.165, 1.54) is 17.6 Å². The molecule has 0 fully saturated rings. The van der Waals surface area contributed by atoms with Crippen LogP contribution in [0.4, 0.5) is 5.13 Å². The van der Waals surface area contributed by atoms with Crippen LogP contribution in [0.3, 0.4) is 0 Å². The SMILES string of the molecule is O=C(Nc1ncc(Cc2ccc(Cl)cc2)s1)c1ccco1. The monoisotopic (exact) mass is 318 g/mol. The van der Waals surface area contributed by atoms with Gasteiger partial charge in [-0.2, -0.15) is 0 Å². The molecule has 0 unspecified atom stereocenters. The van der Waals surface area contributed by atoms with E-state index >= 15 is 0 Å². The molecule has 0 saturated heterocycles. The van der Waals surface area contributed by atoms with Gasteiger partial charge in [0.15, 0.2) is 10.9 Å². The molecule has 1 amide bonds. The van der Waals surface area contributed by atoms with Crippen LogP contribution in [0.15, 0.2) is 53.3 Å². The van der Waals surface area contributed by atoms with Gasteiger partial charge in [0.25, 0.3) is 5.91 Å². The van der Waals surface area contributed by atoms with Gasteiger partial charge in [0.2, 0.25) is 0 Å². The van der Waals surface area contributed by atoms with E-state index in [1.807, 2.05) is 24.3 Å². The van der Waals surface area contributed by atoms with E-state index in [1.54, 1.807) is 18.3 Å². The number of rotatable bonds is 4. The lowest BCUT2D eigenvalue weighted by Gasteiger charge is -1.98. The third kappa shape index (κ3) is 3.51. The van der Waals surface area contributed by atoms with Gasteiger partial charge in [0.1, 0.15) is 0 Å². The van der Waals surface area contributed by atoms with Crippen molar-refractivity contribution in [3.63, 3.8) is 0 Å². The molecule has 0 spiro atoms. The zero-order chi connectivity index (χ0) is 14.7. The van der Waals surface area contributed by atoms with E-state index in [4.69, 9.17) is 16.0 Å². The second kappa shape index (κ2) is 6.11. The van der Waals surface area contributed by atoms with Gasteiger partial charge in [-0.05, 0) is 29.8 Å². The van der Waals surface area contributed by atoms with Gasteiger partial charge in [-0.15, -0.1) is 11.3 Å². The number of furan rings is 1. The number of aromatic nitrogens is 1. The minimum Gasteiger partial charge on any atom is -0.459 e. The first-order valence-corrected chi connectivity index (χ1v) is 7.44. The molecular formula is C15H11ClN2O2S. The highest BCUT2D eigenvalue weighted by Crippen LogP contribution is 2.22. The Kier molecular flexibility index (Phi) is 4.03. The lowest BCUT2D eigenvalue weighted by atomic mass is 10.1. The van der Waals surface area contributed by atoms with Crippen molar-refractivity contribution in [1.82, 2.24) is 4.98 Å². The Morgan fingerprint density at radius 1 is 1.29 bits per heavy atom. The number of carbonyl (C=O) groups excluding carboxylic acids is 1. The molecule has 21 heavy (non-hydrogen) atoms. The lowest BCUT2D eigenvalue weighted by Crippen LogP contribution is -2.10. The van der Waals surface area contributed by atoms with Crippen molar-refractivity contribution in [3.8, 4) is 0 Å².